The number of para-hydroxylation sites is 1. The summed E-state index contributed by atoms with van der Waals surface area (Å²) in [5.41, 5.74) is 6.68. The molecule has 0 unspecified atom stereocenters. The van der Waals surface area contributed by atoms with Gasteiger partial charge in [-0.15, -0.1) is 0 Å². The number of morpholine rings is 1. The molecule has 0 saturated carbocycles. The van der Waals surface area contributed by atoms with Crippen LogP contribution in [0.25, 0.3) is 22.1 Å². The van der Waals surface area contributed by atoms with E-state index in [0.29, 0.717) is 54.1 Å². The highest BCUT2D eigenvalue weighted by atomic mass is 19.1. The van der Waals surface area contributed by atoms with Crippen molar-refractivity contribution in [3.8, 4) is 11.1 Å². The zero-order chi connectivity index (χ0) is 17.4. The maximum atomic E-state index is 14.4. The van der Waals surface area contributed by atoms with E-state index in [2.05, 4.69) is 4.98 Å². The molecule has 1 saturated heterocycles. The molecule has 1 aliphatic rings. The Morgan fingerprint density at radius 3 is 2.68 bits per heavy atom. The highest BCUT2D eigenvalue weighted by molar-refractivity contribution is 5.92. The molecule has 1 aliphatic heterocycles. The van der Waals surface area contributed by atoms with Gasteiger partial charge in [0, 0.05) is 29.9 Å². The molecule has 1 fully saturated rings. The SMILES string of the molecule is Nc1ccc(-c2cccc3c(=O)nc(N4CCOCC4)oc23)c(F)c1. The van der Waals surface area contributed by atoms with Crippen LogP contribution in [0, 0.1) is 5.82 Å². The smallest absolute Gasteiger partial charge is 0.301 e. The predicted molar refractivity (Wildman–Crippen MR) is 93.1 cm³/mol. The summed E-state index contributed by atoms with van der Waals surface area (Å²) >= 11 is 0. The van der Waals surface area contributed by atoms with Crippen molar-refractivity contribution >= 4 is 22.7 Å². The van der Waals surface area contributed by atoms with Gasteiger partial charge in [-0.2, -0.15) is 4.98 Å². The van der Waals surface area contributed by atoms with Crippen molar-refractivity contribution in [3.63, 3.8) is 0 Å². The van der Waals surface area contributed by atoms with E-state index in [1.54, 1.807) is 30.3 Å². The van der Waals surface area contributed by atoms with Crippen molar-refractivity contribution in [2.75, 3.05) is 36.9 Å². The molecule has 0 spiro atoms. The Morgan fingerprint density at radius 2 is 1.92 bits per heavy atom. The van der Waals surface area contributed by atoms with Crippen LogP contribution in [0.5, 0.6) is 0 Å². The highest BCUT2D eigenvalue weighted by Gasteiger charge is 2.19. The third-order valence-electron chi connectivity index (χ3n) is 4.20. The van der Waals surface area contributed by atoms with Gasteiger partial charge in [0.15, 0.2) is 5.58 Å². The van der Waals surface area contributed by atoms with Crippen molar-refractivity contribution in [3.05, 3.63) is 52.6 Å². The summed E-state index contributed by atoms with van der Waals surface area (Å²) < 4.78 is 25.6. The van der Waals surface area contributed by atoms with Crippen LogP contribution in [-0.2, 0) is 4.74 Å². The second kappa shape index (κ2) is 6.18. The van der Waals surface area contributed by atoms with Crippen molar-refractivity contribution in [1.82, 2.24) is 4.98 Å². The van der Waals surface area contributed by atoms with Gasteiger partial charge in [0.2, 0.25) is 0 Å². The number of benzene rings is 2. The molecule has 2 heterocycles. The first-order chi connectivity index (χ1) is 12.1. The van der Waals surface area contributed by atoms with Crippen molar-refractivity contribution < 1.29 is 13.5 Å². The summed E-state index contributed by atoms with van der Waals surface area (Å²) in [4.78, 5) is 18.3. The van der Waals surface area contributed by atoms with Gasteiger partial charge in [-0.25, -0.2) is 4.39 Å². The number of rotatable bonds is 2. The summed E-state index contributed by atoms with van der Waals surface area (Å²) in [6.07, 6.45) is 0. The summed E-state index contributed by atoms with van der Waals surface area (Å²) in [5.74, 6) is -0.472. The second-order valence-corrected chi connectivity index (χ2v) is 5.82. The lowest BCUT2D eigenvalue weighted by molar-refractivity contribution is 0.120. The first-order valence-corrected chi connectivity index (χ1v) is 7.95. The van der Waals surface area contributed by atoms with E-state index in [4.69, 9.17) is 14.9 Å². The zero-order valence-electron chi connectivity index (χ0n) is 13.4. The van der Waals surface area contributed by atoms with Crippen molar-refractivity contribution in [2.45, 2.75) is 0 Å². The van der Waals surface area contributed by atoms with E-state index in [1.165, 1.54) is 6.07 Å². The molecule has 0 atom stereocenters. The summed E-state index contributed by atoms with van der Waals surface area (Å²) in [6.45, 7) is 2.25. The number of hydrogen-bond donors (Lipinski definition) is 1. The van der Waals surface area contributed by atoms with Crippen LogP contribution >= 0.6 is 0 Å². The molecule has 0 amide bonds. The molecule has 3 aromatic rings. The third kappa shape index (κ3) is 2.83. The number of nitrogens with two attached hydrogens (primary N) is 1. The Bertz CT molecular complexity index is 997. The summed E-state index contributed by atoms with van der Waals surface area (Å²) in [5, 5.41) is 0.311. The molecule has 7 heteroatoms. The van der Waals surface area contributed by atoms with E-state index in [0.717, 1.165) is 0 Å². The fourth-order valence-electron chi connectivity index (χ4n) is 2.93. The first-order valence-electron chi connectivity index (χ1n) is 7.95. The van der Waals surface area contributed by atoms with Crippen LogP contribution in [0.1, 0.15) is 0 Å². The number of ether oxygens (including phenoxy) is 1. The first kappa shape index (κ1) is 15.6. The number of nitrogen functional groups attached to an aromatic ring is 1. The lowest BCUT2D eigenvalue weighted by Gasteiger charge is -2.26. The van der Waals surface area contributed by atoms with Gasteiger partial charge in [0.1, 0.15) is 5.82 Å². The monoisotopic (exact) mass is 341 g/mol. The standard InChI is InChI=1S/C18H16FN3O3/c19-15-10-11(20)4-5-12(15)13-2-1-3-14-16(13)25-18(21-17(14)23)22-6-8-24-9-7-22/h1-5,10H,6-9,20H2. The predicted octanol–water partition coefficient (Wildman–Crippen LogP) is 2.41. The summed E-state index contributed by atoms with van der Waals surface area (Å²) in [6, 6.07) is 9.67. The fourth-order valence-corrected chi connectivity index (χ4v) is 2.93. The molecule has 0 bridgehead atoms. The Balaban J connectivity index is 1.92. The molecule has 25 heavy (non-hydrogen) atoms. The van der Waals surface area contributed by atoms with Crippen LogP contribution in [0.15, 0.2) is 45.6 Å². The largest absolute Gasteiger partial charge is 0.424 e. The van der Waals surface area contributed by atoms with Crippen molar-refractivity contribution in [1.29, 1.82) is 0 Å². The lowest BCUT2D eigenvalue weighted by Crippen LogP contribution is -2.37. The maximum absolute atomic E-state index is 14.4. The van der Waals surface area contributed by atoms with Gasteiger partial charge >= 0.3 is 6.01 Å². The van der Waals surface area contributed by atoms with E-state index >= 15 is 0 Å². The Hall–Kier alpha value is -2.93. The molecule has 4 rings (SSSR count). The van der Waals surface area contributed by atoms with Crippen LogP contribution in [-0.4, -0.2) is 31.3 Å². The van der Waals surface area contributed by atoms with Crippen LogP contribution in [0.3, 0.4) is 0 Å². The van der Waals surface area contributed by atoms with Crippen LogP contribution < -0.4 is 16.2 Å². The van der Waals surface area contributed by atoms with Gasteiger partial charge in [-0.05, 0) is 24.3 Å². The van der Waals surface area contributed by atoms with Crippen molar-refractivity contribution in [2.24, 2.45) is 0 Å². The van der Waals surface area contributed by atoms with E-state index in [-0.39, 0.29) is 6.01 Å². The minimum atomic E-state index is -0.472. The molecule has 2 N–H and O–H groups in total. The number of fused-ring (bicyclic) bond motifs is 1. The number of anilines is 2. The molecule has 0 radical (unpaired) electrons. The average molecular weight is 341 g/mol. The maximum Gasteiger partial charge on any atom is 0.301 e. The van der Waals surface area contributed by atoms with Crippen LogP contribution in [0.4, 0.5) is 16.1 Å². The van der Waals surface area contributed by atoms with Gasteiger partial charge in [0.05, 0.1) is 18.6 Å². The Morgan fingerprint density at radius 1 is 1.12 bits per heavy atom. The van der Waals surface area contributed by atoms with Gasteiger partial charge < -0.3 is 19.8 Å². The van der Waals surface area contributed by atoms with E-state index in [9.17, 15) is 9.18 Å². The van der Waals surface area contributed by atoms with Gasteiger partial charge in [-0.3, -0.25) is 4.79 Å². The highest BCUT2D eigenvalue weighted by Crippen LogP contribution is 2.31. The molecule has 1 aromatic heterocycles. The average Bonchev–Trinajstić information content (AvgIpc) is 2.62. The molecule has 2 aromatic carbocycles. The fraction of sp³-hybridized carbons (Fsp3) is 0.222. The molecule has 0 aliphatic carbocycles. The second-order valence-electron chi connectivity index (χ2n) is 5.82. The molecular formula is C18H16FN3O3. The summed E-state index contributed by atoms with van der Waals surface area (Å²) in [7, 11) is 0. The number of halogens is 1. The lowest BCUT2D eigenvalue weighted by atomic mass is 10.0. The zero-order valence-corrected chi connectivity index (χ0v) is 13.4. The molecule has 128 valence electrons. The Labute approximate surface area is 142 Å². The number of hydrogen-bond acceptors (Lipinski definition) is 6. The molecule has 6 nitrogen and oxygen atoms in total. The third-order valence-corrected chi connectivity index (χ3v) is 4.20. The van der Waals surface area contributed by atoms with E-state index < -0.39 is 11.4 Å². The number of aromatic nitrogens is 1. The molecular weight excluding hydrogens is 325 g/mol. The van der Waals surface area contributed by atoms with Crippen LogP contribution in [0.2, 0.25) is 0 Å². The topological polar surface area (TPSA) is 81.6 Å². The van der Waals surface area contributed by atoms with Gasteiger partial charge in [-0.1, -0.05) is 12.1 Å². The minimum Gasteiger partial charge on any atom is -0.424 e. The normalized spacial score (nSPS) is 14.8. The Kier molecular flexibility index (Phi) is 3.85. The quantitative estimate of drug-likeness (QED) is 0.721. The van der Waals surface area contributed by atoms with Gasteiger partial charge in [0.25, 0.3) is 5.56 Å². The van der Waals surface area contributed by atoms with E-state index in [1.807, 2.05) is 4.90 Å². The number of nitrogens with zero attached hydrogens (tertiary/aromatic N) is 2. The minimum absolute atomic E-state index is 0.226.